The molecule has 1 aliphatic heterocycles. The number of hydrogen-bond donors (Lipinski definition) is 1. The van der Waals surface area contributed by atoms with Crippen molar-refractivity contribution in [2.75, 3.05) is 0 Å². The van der Waals surface area contributed by atoms with E-state index in [0.717, 1.165) is 15.6 Å². The van der Waals surface area contributed by atoms with Crippen LogP contribution < -0.4 is 0 Å². The summed E-state index contributed by atoms with van der Waals surface area (Å²) in [5.74, 6) is 0.242. The Kier molecular flexibility index (Phi) is 2.09. The summed E-state index contributed by atoms with van der Waals surface area (Å²) in [6.07, 6.45) is 0. The van der Waals surface area contributed by atoms with Crippen molar-refractivity contribution in [2.24, 2.45) is 0 Å². The predicted molar refractivity (Wildman–Crippen MR) is 48.9 cm³/mol. The van der Waals surface area contributed by atoms with Gasteiger partial charge in [0.2, 0.25) is 0 Å². The lowest BCUT2D eigenvalue weighted by Gasteiger charge is -2.05. The molecule has 2 aliphatic rings. The Labute approximate surface area is 82.5 Å². The molecule has 0 atom stereocenters. The predicted octanol–water partition coefficient (Wildman–Crippen LogP) is 2.78. The topological polar surface area (TPSA) is 33.4 Å². The van der Waals surface area contributed by atoms with E-state index in [1.807, 2.05) is 0 Å². The van der Waals surface area contributed by atoms with E-state index in [0.29, 0.717) is 0 Å². The maximum Gasteiger partial charge on any atom is 0.278 e. The summed E-state index contributed by atoms with van der Waals surface area (Å²) < 4.78 is 18.3. The molecule has 0 saturated heterocycles. The third-order valence-electron chi connectivity index (χ3n) is 1.85. The number of aliphatic hydroxyl groups excluding tert-OH is 1. The van der Waals surface area contributed by atoms with E-state index in [1.54, 1.807) is 12.1 Å². The van der Waals surface area contributed by atoms with Crippen LogP contribution in [0.4, 0.5) is 4.39 Å². The van der Waals surface area contributed by atoms with Gasteiger partial charge in [-0.25, -0.2) is 0 Å². The average molecular weight is 245 g/mol. The van der Waals surface area contributed by atoms with Crippen molar-refractivity contribution < 1.29 is 13.9 Å². The zero-order chi connectivity index (χ0) is 9.42. The first-order valence-electron chi connectivity index (χ1n) is 3.69. The minimum Gasteiger partial charge on any atom is -0.433 e. The van der Waals surface area contributed by atoms with E-state index in [1.165, 1.54) is 6.07 Å². The van der Waals surface area contributed by atoms with Gasteiger partial charge in [0, 0.05) is 16.1 Å². The third-order valence-corrected chi connectivity index (χ3v) is 2.51. The van der Waals surface area contributed by atoms with Crippen LogP contribution in [0.1, 0.15) is 5.76 Å². The largest absolute Gasteiger partial charge is 0.433 e. The van der Waals surface area contributed by atoms with E-state index < -0.39 is 6.01 Å². The van der Waals surface area contributed by atoms with Crippen LogP contribution in [0.25, 0.3) is 11.1 Å². The Hall–Kier alpha value is -0.870. The molecule has 4 heteroatoms. The summed E-state index contributed by atoms with van der Waals surface area (Å²) in [6, 6.07) is 4.16. The molecule has 13 heavy (non-hydrogen) atoms. The molecule has 0 fully saturated rings. The highest BCUT2D eigenvalue weighted by molar-refractivity contribution is 9.10. The van der Waals surface area contributed by atoms with Crippen LogP contribution in [0.2, 0.25) is 0 Å². The molecule has 0 aromatic carbocycles. The van der Waals surface area contributed by atoms with E-state index in [9.17, 15) is 4.39 Å². The lowest BCUT2D eigenvalue weighted by Crippen LogP contribution is -1.90. The maximum atomic E-state index is 12.8. The van der Waals surface area contributed by atoms with Gasteiger partial charge in [0.1, 0.15) is 12.4 Å². The number of rotatable bonds is 1. The zero-order valence-corrected chi connectivity index (χ0v) is 8.14. The molecule has 1 heterocycles. The first-order chi connectivity index (χ1) is 6.22. The molecule has 0 radical (unpaired) electrons. The Balaban J connectivity index is 2.75. The first kappa shape index (κ1) is 8.72. The van der Waals surface area contributed by atoms with Crippen LogP contribution in [0.5, 0.6) is 0 Å². The van der Waals surface area contributed by atoms with E-state index in [-0.39, 0.29) is 12.4 Å². The molecule has 1 aliphatic carbocycles. The van der Waals surface area contributed by atoms with Crippen LogP contribution in [0.3, 0.4) is 0 Å². The molecule has 2 rings (SSSR count). The second kappa shape index (κ2) is 3.12. The van der Waals surface area contributed by atoms with Crippen molar-refractivity contribution in [3.05, 3.63) is 34.4 Å². The highest BCUT2D eigenvalue weighted by Crippen LogP contribution is 2.35. The van der Waals surface area contributed by atoms with Gasteiger partial charge in [-0.15, -0.1) is 0 Å². The van der Waals surface area contributed by atoms with Crippen molar-refractivity contribution in [3.63, 3.8) is 0 Å². The second-order valence-corrected chi connectivity index (χ2v) is 3.50. The van der Waals surface area contributed by atoms with Gasteiger partial charge in [-0.2, -0.15) is 4.39 Å². The SMILES string of the molecule is OCc1oc(F)cc2ccc(Br)c1-2. The van der Waals surface area contributed by atoms with Gasteiger partial charge >= 0.3 is 0 Å². The Bertz CT molecular complexity index is 411. The van der Waals surface area contributed by atoms with Crippen molar-refractivity contribution in [1.29, 1.82) is 0 Å². The van der Waals surface area contributed by atoms with Gasteiger partial charge in [0.05, 0.1) is 0 Å². The summed E-state index contributed by atoms with van der Waals surface area (Å²) in [5, 5.41) is 8.92. The Morgan fingerprint density at radius 2 is 2.23 bits per heavy atom. The van der Waals surface area contributed by atoms with Crippen LogP contribution in [-0.2, 0) is 6.61 Å². The summed E-state index contributed by atoms with van der Waals surface area (Å²) in [5.41, 5.74) is 1.45. The molecule has 0 unspecified atom stereocenters. The summed E-state index contributed by atoms with van der Waals surface area (Å²) in [7, 11) is 0. The molecular weight excluding hydrogens is 239 g/mol. The molecular formula is C9H6BrFO2. The molecule has 68 valence electrons. The van der Waals surface area contributed by atoms with Gasteiger partial charge in [-0.05, 0) is 11.6 Å². The van der Waals surface area contributed by atoms with Gasteiger partial charge in [0.15, 0.2) is 0 Å². The molecule has 1 N–H and O–H groups in total. The lowest BCUT2D eigenvalue weighted by molar-refractivity contribution is 0.219. The molecule has 2 nitrogen and oxygen atoms in total. The van der Waals surface area contributed by atoms with E-state index in [2.05, 4.69) is 15.9 Å². The quantitative estimate of drug-likeness (QED) is 0.837. The Morgan fingerprint density at radius 1 is 1.46 bits per heavy atom. The monoisotopic (exact) mass is 244 g/mol. The highest BCUT2D eigenvalue weighted by Gasteiger charge is 2.16. The molecule has 0 saturated carbocycles. The van der Waals surface area contributed by atoms with Gasteiger partial charge < -0.3 is 9.52 Å². The van der Waals surface area contributed by atoms with Gasteiger partial charge in [-0.3, -0.25) is 0 Å². The van der Waals surface area contributed by atoms with Crippen LogP contribution in [0, 0.1) is 6.01 Å². The summed E-state index contributed by atoms with van der Waals surface area (Å²) in [6.45, 7) is -0.309. The average Bonchev–Trinajstić information content (AvgIpc) is 2.46. The van der Waals surface area contributed by atoms with Gasteiger partial charge in [0.25, 0.3) is 6.01 Å². The van der Waals surface area contributed by atoms with Crippen molar-refractivity contribution in [2.45, 2.75) is 6.61 Å². The smallest absolute Gasteiger partial charge is 0.278 e. The van der Waals surface area contributed by atoms with Crippen LogP contribution >= 0.6 is 15.9 Å². The standard InChI is InChI=1S/C9H6BrFO2/c10-6-2-1-5-3-8(11)13-7(4-12)9(5)6/h1-3,12H,4H2. The minimum absolute atomic E-state index is 0.242. The fraction of sp³-hybridized carbons (Fsp3) is 0.111. The van der Waals surface area contributed by atoms with E-state index >= 15 is 0 Å². The summed E-state index contributed by atoms with van der Waals surface area (Å²) >= 11 is 3.29. The normalized spacial score (nSPS) is 11.0. The molecule has 0 spiro atoms. The van der Waals surface area contributed by atoms with Gasteiger partial charge in [-0.1, -0.05) is 22.0 Å². The Morgan fingerprint density at radius 3 is 2.92 bits per heavy atom. The highest BCUT2D eigenvalue weighted by atomic mass is 79.9. The van der Waals surface area contributed by atoms with Crippen LogP contribution in [0.15, 0.2) is 27.1 Å². The van der Waals surface area contributed by atoms with Crippen molar-refractivity contribution in [3.8, 4) is 11.1 Å². The lowest BCUT2D eigenvalue weighted by atomic mass is 10.1. The summed E-state index contributed by atoms with van der Waals surface area (Å²) in [4.78, 5) is 0. The molecule has 0 aromatic heterocycles. The molecule has 0 bridgehead atoms. The van der Waals surface area contributed by atoms with Crippen LogP contribution in [-0.4, -0.2) is 5.11 Å². The van der Waals surface area contributed by atoms with Crippen molar-refractivity contribution >= 4 is 15.9 Å². The zero-order valence-electron chi connectivity index (χ0n) is 6.55. The molecule has 0 amide bonds. The third kappa shape index (κ3) is 1.36. The minimum atomic E-state index is -0.686. The number of halogens is 2. The fourth-order valence-corrected chi connectivity index (χ4v) is 1.90. The molecule has 0 aromatic rings. The number of fused-ring (bicyclic) bond motifs is 1. The maximum absolute atomic E-state index is 12.8. The second-order valence-electron chi connectivity index (χ2n) is 2.64. The van der Waals surface area contributed by atoms with Crippen molar-refractivity contribution in [1.82, 2.24) is 0 Å². The number of hydrogen-bond acceptors (Lipinski definition) is 2. The van der Waals surface area contributed by atoms with E-state index in [4.69, 9.17) is 9.52 Å². The first-order valence-corrected chi connectivity index (χ1v) is 4.49. The fourth-order valence-electron chi connectivity index (χ4n) is 1.31. The number of aliphatic hydroxyl groups is 1.